The minimum Gasteiger partial charge on any atom is -0.477 e. The maximum absolute atomic E-state index is 12.9. The summed E-state index contributed by atoms with van der Waals surface area (Å²) in [6.45, 7) is 1.59. The number of hydrogen-bond acceptors (Lipinski definition) is 8. The van der Waals surface area contributed by atoms with Gasteiger partial charge in [-0.05, 0) is 25.1 Å². The largest absolute Gasteiger partial charge is 0.477 e. The average molecular weight is 443 g/mol. The van der Waals surface area contributed by atoms with Crippen LogP contribution in [0.25, 0.3) is 0 Å². The van der Waals surface area contributed by atoms with E-state index >= 15 is 0 Å². The molecule has 31 heavy (non-hydrogen) atoms. The van der Waals surface area contributed by atoms with Gasteiger partial charge in [-0.15, -0.1) is 18.2 Å². The lowest BCUT2D eigenvalue weighted by Crippen LogP contribution is -2.71. The third-order valence-electron chi connectivity index (χ3n) is 4.27. The number of hydrogen-bond donors (Lipinski definition) is 3. The first-order chi connectivity index (χ1) is 14.9. The Morgan fingerprint density at radius 2 is 2.26 bits per heavy atom. The predicted octanol–water partition coefficient (Wildman–Crippen LogP) is -0.239. The van der Waals surface area contributed by atoms with E-state index in [0.29, 0.717) is 6.41 Å². The summed E-state index contributed by atoms with van der Waals surface area (Å²) in [5.74, 6) is -0.170. The molecule has 2 aliphatic heterocycles. The van der Waals surface area contributed by atoms with Crippen LogP contribution in [-0.2, 0) is 24.0 Å². The highest BCUT2D eigenvalue weighted by atomic mass is 32.2. The smallest absolute Gasteiger partial charge is 0.352 e. The number of carboxylic acids is 1. The van der Waals surface area contributed by atoms with Crippen LogP contribution in [0, 0.1) is 12.3 Å². The maximum Gasteiger partial charge on any atom is 0.352 e. The third kappa shape index (κ3) is 4.51. The molecule has 0 bridgehead atoms. The predicted molar refractivity (Wildman–Crippen MR) is 111 cm³/mol. The van der Waals surface area contributed by atoms with Gasteiger partial charge >= 0.3 is 5.97 Å². The molecule has 1 aromatic heterocycles. The fourth-order valence-electron chi connectivity index (χ4n) is 2.98. The van der Waals surface area contributed by atoms with Crippen LogP contribution >= 0.6 is 11.8 Å². The number of nitrogens with zero attached hydrogens (tertiary/aromatic N) is 3. The van der Waals surface area contributed by atoms with Crippen LogP contribution in [-0.4, -0.2) is 68.2 Å². The van der Waals surface area contributed by atoms with Crippen LogP contribution in [0.4, 0.5) is 5.82 Å². The van der Waals surface area contributed by atoms with Crippen molar-refractivity contribution in [2.45, 2.75) is 23.6 Å². The lowest BCUT2D eigenvalue weighted by atomic mass is 10.0. The van der Waals surface area contributed by atoms with E-state index in [9.17, 15) is 24.3 Å². The molecule has 0 aliphatic carbocycles. The molecule has 0 saturated carbocycles. The normalized spacial score (nSPS) is 22.3. The number of carbonyl (C=O) groups is 4. The first kappa shape index (κ1) is 21.8. The molecule has 1 fully saturated rings. The topological polar surface area (TPSA) is 150 Å². The van der Waals surface area contributed by atoms with Crippen LogP contribution in [0.3, 0.4) is 0 Å². The standard InChI is InChI=1S/C19H17N5O6S/c1-3-7-30-23-14(11-5-4-6-13(21-11)20-9-25)16(26)22-15-17(27)24-12(19(28)29)8-10(2)31-18(15)24/h1,4-6,8-10,15,18H,7H2,2H3,(H,22,26)(H,28,29)(H,20,21,25)/t10?,15?,18-/m1/s1. The summed E-state index contributed by atoms with van der Waals surface area (Å²) in [5, 5.41) is 17.2. The van der Waals surface area contributed by atoms with Crippen molar-refractivity contribution in [3.8, 4) is 12.3 Å². The molecule has 0 spiro atoms. The molecule has 3 heterocycles. The number of rotatable bonds is 8. The SMILES string of the molecule is C#CCON=C(C(=O)NC1C(=O)N2C(C(=O)O)=CC(C)S[C@H]12)c1cccc(NC=O)n1. The highest BCUT2D eigenvalue weighted by Gasteiger charge is 2.54. The van der Waals surface area contributed by atoms with Gasteiger partial charge < -0.3 is 20.6 Å². The van der Waals surface area contributed by atoms with Gasteiger partial charge in [0.2, 0.25) is 6.41 Å². The number of amides is 3. The summed E-state index contributed by atoms with van der Waals surface area (Å²) < 4.78 is 0. The van der Waals surface area contributed by atoms with Gasteiger partial charge in [0.05, 0.1) is 0 Å². The molecule has 2 unspecified atom stereocenters. The molecule has 1 aromatic rings. The average Bonchev–Trinajstić information content (AvgIpc) is 2.74. The van der Waals surface area contributed by atoms with E-state index in [0.717, 1.165) is 4.90 Å². The number of carbonyl (C=O) groups excluding carboxylic acids is 3. The number of terminal acetylenes is 1. The van der Waals surface area contributed by atoms with Crippen molar-refractivity contribution in [2.75, 3.05) is 11.9 Å². The number of nitrogens with one attached hydrogen (secondary N) is 2. The van der Waals surface area contributed by atoms with Crippen molar-refractivity contribution in [3.05, 3.63) is 35.7 Å². The summed E-state index contributed by atoms with van der Waals surface area (Å²) in [6.07, 6.45) is 7.04. The quantitative estimate of drug-likeness (QED) is 0.124. The molecular formula is C19H17N5O6S. The first-order valence-corrected chi connectivity index (χ1v) is 9.87. The molecule has 3 atom stereocenters. The van der Waals surface area contributed by atoms with E-state index in [-0.39, 0.29) is 34.8 Å². The molecule has 0 aromatic carbocycles. The Morgan fingerprint density at radius 1 is 1.48 bits per heavy atom. The van der Waals surface area contributed by atoms with Crippen molar-refractivity contribution in [3.63, 3.8) is 0 Å². The minimum absolute atomic E-state index is 0.0702. The Bertz CT molecular complexity index is 1030. The number of thioether (sulfide) groups is 1. The highest BCUT2D eigenvalue weighted by molar-refractivity contribution is 8.00. The maximum atomic E-state index is 12.9. The summed E-state index contributed by atoms with van der Waals surface area (Å²) in [5.41, 5.74) is -0.313. The molecule has 12 heteroatoms. The van der Waals surface area contributed by atoms with E-state index in [1.807, 2.05) is 0 Å². The minimum atomic E-state index is -1.22. The summed E-state index contributed by atoms with van der Waals surface area (Å²) in [4.78, 5) is 57.7. The van der Waals surface area contributed by atoms with E-state index < -0.39 is 29.2 Å². The zero-order valence-electron chi connectivity index (χ0n) is 16.1. The van der Waals surface area contributed by atoms with Gasteiger partial charge in [-0.3, -0.25) is 19.3 Å². The monoisotopic (exact) mass is 443 g/mol. The van der Waals surface area contributed by atoms with Gasteiger partial charge in [0, 0.05) is 5.25 Å². The Labute approximate surface area is 180 Å². The number of aliphatic carboxylic acids is 1. The van der Waals surface area contributed by atoms with Gasteiger partial charge in [-0.1, -0.05) is 17.1 Å². The Hall–Kier alpha value is -3.85. The Balaban J connectivity index is 1.83. The fourth-order valence-corrected chi connectivity index (χ4v) is 4.31. The van der Waals surface area contributed by atoms with Gasteiger partial charge in [0.1, 0.15) is 28.6 Å². The van der Waals surface area contributed by atoms with E-state index in [2.05, 4.69) is 26.7 Å². The highest BCUT2D eigenvalue weighted by Crippen LogP contribution is 2.40. The molecule has 3 amide bonds. The van der Waals surface area contributed by atoms with Crippen molar-refractivity contribution in [1.29, 1.82) is 0 Å². The van der Waals surface area contributed by atoms with E-state index in [4.69, 9.17) is 11.3 Å². The molecule has 11 nitrogen and oxygen atoms in total. The number of pyridine rings is 1. The number of aromatic nitrogens is 1. The van der Waals surface area contributed by atoms with Crippen LogP contribution < -0.4 is 10.6 Å². The molecule has 0 radical (unpaired) electrons. The Morgan fingerprint density at radius 3 is 2.94 bits per heavy atom. The van der Waals surface area contributed by atoms with Crippen LogP contribution in [0.1, 0.15) is 12.6 Å². The molecule has 2 aliphatic rings. The van der Waals surface area contributed by atoms with Gasteiger partial charge in [0.15, 0.2) is 12.3 Å². The zero-order chi connectivity index (χ0) is 22.5. The third-order valence-corrected chi connectivity index (χ3v) is 5.60. The lowest BCUT2D eigenvalue weighted by Gasteiger charge is -2.49. The molecular weight excluding hydrogens is 426 g/mol. The number of β-lactam (4-membered cyclic amide) rings is 1. The second kappa shape index (κ2) is 9.31. The molecule has 3 N–H and O–H groups in total. The Kier molecular flexibility index (Phi) is 6.56. The number of oxime groups is 1. The number of carboxylic acid groups (broad SMARTS) is 1. The van der Waals surface area contributed by atoms with Crippen molar-refractivity contribution in [1.82, 2.24) is 15.2 Å². The van der Waals surface area contributed by atoms with E-state index in [1.54, 1.807) is 6.92 Å². The van der Waals surface area contributed by atoms with Crippen LogP contribution in [0.5, 0.6) is 0 Å². The number of fused-ring (bicyclic) bond motifs is 1. The molecule has 160 valence electrons. The first-order valence-electron chi connectivity index (χ1n) is 8.93. The van der Waals surface area contributed by atoms with Gasteiger partial charge in [-0.25, -0.2) is 9.78 Å². The molecule has 3 rings (SSSR count). The number of anilines is 1. The van der Waals surface area contributed by atoms with Gasteiger partial charge in [-0.2, -0.15) is 0 Å². The summed E-state index contributed by atoms with van der Waals surface area (Å²) in [6, 6.07) is 3.54. The van der Waals surface area contributed by atoms with Gasteiger partial charge in [0.25, 0.3) is 11.8 Å². The zero-order valence-corrected chi connectivity index (χ0v) is 17.0. The van der Waals surface area contributed by atoms with E-state index in [1.165, 1.54) is 36.0 Å². The fraction of sp³-hybridized carbons (Fsp3) is 0.263. The molecule has 1 saturated heterocycles. The van der Waals surface area contributed by atoms with Crippen molar-refractivity contribution in [2.24, 2.45) is 5.16 Å². The summed E-state index contributed by atoms with van der Waals surface area (Å²) in [7, 11) is 0. The summed E-state index contributed by atoms with van der Waals surface area (Å²) >= 11 is 1.34. The van der Waals surface area contributed by atoms with Crippen molar-refractivity contribution < 1.29 is 29.1 Å². The second-order valence-electron chi connectivity index (χ2n) is 6.34. The van der Waals surface area contributed by atoms with Crippen LogP contribution in [0.2, 0.25) is 0 Å². The second-order valence-corrected chi connectivity index (χ2v) is 7.83. The van der Waals surface area contributed by atoms with Crippen LogP contribution in [0.15, 0.2) is 35.1 Å². The lowest BCUT2D eigenvalue weighted by molar-refractivity contribution is -0.150. The van der Waals surface area contributed by atoms with Crippen molar-refractivity contribution >= 4 is 47.5 Å².